The van der Waals surface area contributed by atoms with Gasteiger partial charge in [0, 0.05) is 38.6 Å². The molecular formula is C52H37N5O. The third-order valence-electron chi connectivity index (χ3n) is 10.6. The van der Waals surface area contributed by atoms with E-state index in [0.29, 0.717) is 23.3 Å². The number of aromatic nitrogens is 3. The predicted octanol–water partition coefficient (Wildman–Crippen LogP) is 12.9. The van der Waals surface area contributed by atoms with E-state index in [1.807, 2.05) is 78.9 Å². The molecule has 0 bridgehead atoms. The molecule has 0 aliphatic carbocycles. The molecule has 3 heterocycles. The Morgan fingerprint density at radius 3 is 1.60 bits per heavy atom. The fraction of sp³-hybridized carbons (Fsp3) is 0.0577. The lowest BCUT2D eigenvalue weighted by atomic mass is 9.95. The van der Waals surface area contributed by atoms with Gasteiger partial charge in [-0.05, 0) is 72.4 Å². The van der Waals surface area contributed by atoms with Crippen molar-refractivity contribution in [3.63, 3.8) is 0 Å². The van der Waals surface area contributed by atoms with E-state index in [9.17, 15) is 0 Å². The number of aliphatic imine (C=N–C) groups is 2. The number of nitrogens with zero attached hydrogens (tertiary/aromatic N) is 5. The number of amidine groups is 1. The van der Waals surface area contributed by atoms with Gasteiger partial charge in [-0.3, -0.25) is 0 Å². The summed E-state index contributed by atoms with van der Waals surface area (Å²) in [7, 11) is 0. The van der Waals surface area contributed by atoms with Crippen LogP contribution in [0.4, 0.5) is 0 Å². The van der Waals surface area contributed by atoms with Crippen molar-refractivity contribution >= 4 is 39.2 Å². The van der Waals surface area contributed by atoms with Crippen LogP contribution in [0.25, 0.3) is 72.9 Å². The molecule has 58 heavy (non-hydrogen) atoms. The van der Waals surface area contributed by atoms with Gasteiger partial charge < -0.3 is 4.42 Å². The predicted molar refractivity (Wildman–Crippen MR) is 237 cm³/mol. The van der Waals surface area contributed by atoms with Gasteiger partial charge in [-0.25, -0.2) is 24.9 Å². The second-order valence-corrected chi connectivity index (χ2v) is 14.5. The molecule has 1 aliphatic rings. The maximum absolute atomic E-state index is 6.24. The van der Waals surface area contributed by atoms with E-state index in [2.05, 4.69) is 110 Å². The smallest absolute Gasteiger partial charge is 0.164 e. The lowest BCUT2D eigenvalue weighted by Crippen LogP contribution is -2.10. The SMILES string of the molecule is C/C1=C(/c2cccc(-c3cccc(-c4nc(-c5ccccc5)nc(-c5ccc6c(c5)oc5ccccc56)n4)c3)c2)N=C(c2ccccc2)N=C(c2ccccc2)CC1. The van der Waals surface area contributed by atoms with E-state index in [1.54, 1.807) is 0 Å². The van der Waals surface area contributed by atoms with Crippen molar-refractivity contribution in [2.75, 3.05) is 0 Å². The second-order valence-electron chi connectivity index (χ2n) is 14.5. The highest BCUT2D eigenvalue weighted by atomic mass is 16.3. The Morgan fingerprint density at radius 2 is 0.897 bits per heavy atom. The fourth-order valence-electron chi connectivity index (χ4n) is 7.60. The van der Waals surface area contributed by atoms with Crippen LogP contribution in [0.2, 0.25) is 0 Å². The third kappa shape index (κ3) is 6.92. The molecule has 1 aliphatic heterocycles. The molecule has 7 aromatic carbocycles. The van der Waals surface area contributed by atoms with Gasteiger partial charge in [0.2, 0.25) is 0 Å². The van der Waals surface area contributed by atoms with Crippen LogP contribution in [-0.4, -0.2) is 26.5 Å². The molecule has 0 atom stereocenters. The van der Waals surface area contributed by atoms with Crippen LogP contribution in [0, 0.1) is 0 Å². The van der Waals surface area contributed by atoms with Crippen molar-refractivity contribution in [1.29, 1.82) is 0 Å². The van der Waals surface area contributed by atoms with E-state index >= 15 is 0 Å². The van der Waals surface area contributed by atoms with Crippen LogP contribution >= 0.6 is 0 Å². The number of hydrogen-bond donors (Lipinski definition) is 0. The standard InChI is InChI=1S/C52H37N5O/c1-34-27-30-45(35-15-5-2-6-16-35)53-49(36-17-7-3-8-18-36)54-48(34)40-23-13-21-38(31-40)39-22-14-24-41(32-39)51-55-50(37-19-9-4-10-20-37)56-52(57-51)42-28-29-44-43-25-11-12-26-46(43)58-47(44)33-42/h2-26,28-29,31-33H,27,30H2,1H3/b48-34+,53-45?,54-49?. The molecule has 0 saturated carbocycles. The maximum atomic E-state index is 6.24. The molecule has 9 aromatic rings. The Bertz CT molecular complexity index is 3060. The van der Waals surface area contributed by atoms with Crippen molar-refractivity contribution in [3.8, 4) is 45.3 Å². The Kier molecular flexibility index (Phi) is 9.12. The first kappa shape index (κ1) is 34.9. The van der Waals surface area contributed by atoms with E-state index in [-0.39, 0.29) is 0 Å². The monoisotopic (exact) mass is 747 g/mol. The molecule has 0 unspecified atom stereocenters. The first-order valence-electron chi connectivity index (χ1n) is 19.5. The van der Waals surface area contributed by atoms with Gasteiger partial charge in [-0.2, -0.15) is 0 Å². The zero-order chi connectivity index (χ0) is 38.8. The quantitative estimate of drug-likeness (QED) is 0.163. The molecule has 0 saturated heterocycles. The highest BCUT2D eigenvalue weighted by Gasteiger charge is 2.18. The maximum Gasteiger partial charge on any atom is 0.164 e. The summed E-state index contributed by atoms with van der Waals surface area (Å²) >= 11 is 0. The van der Waals surface area contributed by atoms with Gasteiger partial charge in [0.15, 0.2) is 23.3 Å². The van der Waals surface area contributed by atoms with E-state index in [1.165, 1.54) is 5.57 Å². The first-order valence-corrected chi connectivity index (χ1v) is 19.5. The van der Waals surface area contributed by atoms with Crippen LogP contribution < -0.4 is 0 Å². The van der Waals surface area contributed by atoms with Gasteiger partial charge in [0.05, 0.1) is 11.4 Å². The van der Waals surface area contributed by atoms with Crippen LogP contribution in [0.5, 0.6) is 0 Å². The Morgan fingerprint density at radius 1 is 0.379 bits per heavy atom. The summed E-state index contributed by atoms with van der Waals surface area (Å²) in [6, 6.07) is 62.0. The molecule has 276 valence electrons. The minimum atomic E-state index is 0.579. The number of rotatable bonds is 7. The summed E-state index contributed by atoms with van der Waals surface area (Å²) in [5, 5.41) is 2.14. The summed E-state index contributed by atoms with van der Waals surface area (Å²) in [6.07, 6.45) is 1.67. The van der Waals surface area contributed by atoms with E-state index in [0.717, 1.165) is 90.7 Å². The first-order chi connectivity index (χ1) is 28.6. The lowest BCUT2D eigenvalue weighted by Gasteiger charge is -2.17. The summed E-state index contributed by atoms with van der Waals surface area (Å²) < 4.78 is 6.24. The van der Waals surface area contributed by atoms with Crippen molar-refractivity contribution < 1.29 is 4.42 Å². The summed E-state index contributed by atoms with van der Waals surface area (Å²) in [5.74, 6) is 2.49. The second kappa shape index (κ2) is 15.2. The summed E-state index contributed by atoms with van der Waals surface area (Å²) in [5.41, 5.74) is 12.8. The number of benzene rings is 7. The average molecular weight is 748 g/mol. The van der Waals surface area contributed by atoms with Crippen molar-refractivity contribution in [1.82, 2.24) is 15.0 Å². The molecule has 0 fully saturated rings. The van der Waals surface area contributed by atoms with Gasteiger partial charge >= 0.3 is 0 Å². The fourth-order valence-corrected chi connectivity index (χ4v) is 7.60. The molecule has 6 nitrogen and oxygen atoms in total. The van der Waals surface area contributed by atoms with Gasteiger partial charge in [-0.1, -0.05) is 152 Å². The van der Waals surface area contributed by atoms with Crippen molar-refractivity contribution in [3.05, 3.63) is 204 Å². The van der Waals surface area contributed by atoms with Gasteiger partial charge in [0.1, 0.15) is 11.2 Å². The molecule has 2 aromatic heterocycles. The van der Waals surface area contributed by atoms with Crippen LogP contribution in [0.15, 0.2) is 202 Å². The Balaban J connectivity index is 1.04. The molecule has 0 spiro atoms. The number of para-hydroxylation sites is 1. The number of hydrogen-bond acceptors (Lipinski definition) is 6. The summed E-state index contributed by atoms with van der Waals surface area (Å²) in [4.78, 5) is 25.6. The van der Waals surface area contributed by atoms with E-state index < -0.39 is 0 Å². The van der Waals surface area contributed by atoms with Crippen molar-refractivity contribution in [2.45, 2.75) is 19.8 Å². The van der Waals surface area contributed by atoms with E-state index in [4.69, 9.17) is 29.4 Å². The van der Waals surface area contributed by atoms with Crippen LogP contribution in [0.3, 0.4) is 0 Å². The number of allylic oxidation sites excluding steroid dienone is 1. The Hall–Kier alpha value is -7.57. The highest BCUT2D eigenvalue weighted by Crippen LogP contribution is 2.35. The normalized spacial score (nSPS) is 14.5. The van der Waals surface area contributed by atoms with Gasteiger partial charge in [0.25, 0.3) is 0 Å². The molecule has 10 rings (SSSR count). The minimum absolute atomic E-state index is 0.579. The Labute approximate surface area is 336 Å². The number of furan rings is 1. The molecule has 0 radical (unpaired) electrons. The summed E-state index contributed by atoms with van der Waals surface area (Å²) in [6.45, 7) is 2.19. The molecular weight excluding hydrogens is 711 g/mol. The zero-order valence-corrected chi connectivity index (χ0v) is 31.9. The molecule has 0 amide bonds. The average Bonchev–Trinajstić information content (AvgIpc) is 3.67. The largest absolute Gasteiger partial charge is 0.456 e. The highest BCUT2D eigenvalue weighted by molar-refractivity contribution is 6.14. The molecule has 6 heteroatoms. The van der Waals surface area contributed by atoms with Gasteiger partial charge in [-0.15, -0.1) is 0 Å². The topological polar surface area (TPSA) is 76.5 Å². The van der Waals surface area contributed by atoms with Crippen molar-refractivity contribution in [2.24, 2.45) is 9.98 Å². The minimum Gasteiger partial charge on any atom is -0.456 e. The molecule has 0 N–H and O–H groups in total. The van der Waals surface area contributed by atoms with Crippen LogP contribution in [-0.2, 0) is 0 Å². The number of fused-ring (bicyclic) bond motifs is 3. The lowest BCUT2D eigenvalue weighted by molar-refractivity contribution is 0.669. The zero-order valence-electron chi connectivity index (χ0n) is 31.9. The third-order valence-corrected chi connectivity index (χ3v) is 10.6. The van der Waals surface area contributed by atoms with Crippen LogP contribution in [0.1, 0.15) is 36.5 Å².